The van der Waals surface area contributed by atoms with E-state index in [0.717, 1.165) is 0 Å². The van der Waals surface area contributed by atoms with E-state index in [1.807, 2.05) is 6.07 Å². The molecule has 0 spiro atoms. The Morgan fingerprint density at radius 2 is 1.86 bits per heavy atom. The molecule has 0 saturated carbocycles. The average molecular weight is 211 g/mol. The lowest BCUT2D eigenvalue weighted by atomic mass is 10.3. The van der Waals surface area contributed by atoms with Crippen molar-refractivity contribution < 1.29 is 8.42 Å². The number of allylic oxidation sites excluding steroid dienone is 2. The molecule has 0 bridgehead atoms. The largest absolute Gasteiger partial charge is 0.280 e. The number of benzene rings is 1. The van der Waals surface area contributed by atoms with Gasteiger partial charge in [0.05, 0.1) is 4.91 Å². The van der Waals surface area contributed by atoms with E-state index in [-0.39, 0.29) is 0 Å². The van der Waals surface area contributed by atoms with Crippen LogP contribution < -0.4 is 4.72 Å². The van der Waals surface area contributed by atoms with Crippen LogP contribution in [0.3, 0.4) is 0 Å². The van der Waals surface area contributed by atoms with Crippen molar-refractivity contribution in [1.29, 1.82) is 0 Å². The molecular formula is C10H13NO2S. The zero-order chi connectivity index (χ0) is 10.6. The van der Waals surface area contributed by atoms with E-state index in [0.29, 0.717) is 10.6 Å². The molecule has 0 heterocycles. The normalized spacial score (nSPS) is 12.6. The van der Waals surface area contributed by atoms with Gasteiger partial charge in [0.2, 0.25) is 0 Å². The molecule has 1 aromatic rings. The van der Waals surface area contributed by atoms with Crippen LogP contribution in [-0.2, 0) is 10.0 Å². The van der Waals surface area contributed by atoms with Gasteiger partial charge in [0, 0.05) is 5.69 Å². The van der Waals surface area contributed by atoms with E-state index in [4.69, 9.17) is 0 Å². The summed E-state index contributed by atoms with van der Waals surface area (Å²) in [6, 6.07) is 8.81. The molecule has 0 aromatic heterocycles. The van der Waals surface area contributed by atoms with Gasteiger partial charge in [-0.05, 0) is 26.0 Å². The van der Waals surface area contributed by atoms with Crippen molar-refractivity contribution in [3.05, 3.63) is 41.3 Å². The van der Waals surface area contributed by atoms with Crippen LogP contribution in [0, 0.1) is 0 Å². The van der Waals surface area contributed by atoms with Crippen molar-refractivity contribution in [1.82, 2.24) is 0 Å². The fraction of sp³-hybridized carbons (Fsp3) is 0.200. The topological polar surface area (TPSA) is 46.2 Å². The van der Waals surface area contributed by atoms with Gasteiger partial charge in [0.25, 0.3) is 10.0 Å². The average Bonchev–Trinajstić information content (AvgIpc) is 2.17. The van der Waals surface area contributed by atoms with Crippen LogP contribution in [0.15, 0.2) is 41.3 Å². The lowest BCUT2D eigenvalue weighted by Gasteiger charge is -2.06. The summed E-state index contributed by atoms with van der Waals surface area (Å²) in [5.41, 5.74) is 0.578. The first-order valence-corrected chi connectivity index (χ1v) is 5.75. The highest BCUT2D eigenvalue weighted by Crippen LogP contribution is 2.12. The minimum Gasteiger partial charge on any atom is -0.280 e. The maximum Gasteiger partial charge on any atom is 0.257 e. The summed E-state index contributed by atoms with van der Waals surface area (Å²) in [6.07, 6.45) is 1.56. The molecule has 1 aromatic carbocycles. The van der Waals surface area contributed by atoms with Crippen molar-refractivity contribution in [3.63, 3.8) is 0 Å². The second-order valence-electron chi connectivity index (χ2n) is 2.87. The highest BCUT2D eigenvalue weighted by atomic mass is 32.2. The maximum absolute atomic E-state index is 11.6. The molecule has 0 amide bonds. The summed E-state index contributed by atoms with van der Waals surface area (Å²) >= 11 is 0. The fourth-order valence-corrected chi connectivity index (χ4v) is 1.81. The molecule has 0 aliphatic heterocycles. The van der Waals surface area contributed by atoms with Crippen molar-refractivity contribution in [2.24, 2.45) is 0 Å². The Labute approximate surface area is 84.5 Å². The van der Waals surface area contributed by atoms with E-state index in [1.54, 1.807) is 44.2 Å². The number of para-hydroxylation sites is 1. The molecule has 0 saturated heterocycles. The molecule has 0 atom stereocenters. The van der Waals surface area contributed by atoms with Crippen LogP contribution >= 0.6 is 0 Å². The Morgan fingerprint density at radius 1 is 1.29 bits per heavy atom. The third-order valence-electron chi connectivity index (χ3n) is 1.86. The molecule has 4 heteroatoms. The zero-order valence-corrected chi connectivity index (χ0v) is 9.01. The van der Waals surface area contributed by atoms with Gasteiger partial charge in [-0.2, -0.15) is 0 Å². The summed E-state index contributed by atoms with van der Waals surface area (Å²) in [5, 5.41) is 0. The van der Waals surface area contributed by atoms with Crippen LogP contribution in [0.1, 0.15) is 13.8 Å². The van der Waals surface area contributed by atoms with Crippen molar-refractivity contribution in [2.75, 3.05) is 4.72 Å². The van der Waals surface area contributed by atoms with E-state index in [2.05, 4.69) is 4.72 Å². The first kappa shape index (κ1) is 10.8. The van der Waals surface area contributed by atoms with Gasteiger partial charge in [-0.25, -0.2) is 8.42 Å². The maximum atomic E-state index is 11.6. The predicted octanol–water partition coefficient (Wildman–Crippen LogP) is 2.35. The SMILES string of the molecule is CC=C(C)S(=O)(=O)Nc1ccccc1. The van der Waals surface area contributed by atoms with Crippen LogP contribution in [0.4, 0.5) is 5.69 Å². The fourth-order valence-electron chi connectivity index (χ4n) is 0.897. The Hall–Kier alpha value is -1.29. The summed E-state index contributed by atoms with van der Waals surface area (Å²) in [7, 11) is -3.35. The molecule has 1 N–H and O–H groups in total. The predicted molar refractivity (Wildman–Crippen MR) is 58.4 cm³/mol. The van der Waals surface area contributed by atoms with Gasteiger partial charge in [-0.1, -0.05) is 24.3 Å². The van der Waals surface area contributed by atoms with Gasteiger partial charge >= 0.3 is 0 Å². The summed E-state index contributed by atoms with van der Waals surface area (Å²) in [6.45, 7) is 3.25. The van der Waals surface area contributed by atoms with Gasteiger partial charge in [0.1, 0.15) is 0 Å². The van der Waals surface area contributed by atoms with Crippen molar-refractivity contribution in [2.45, 2.75) is 13.8 Å². The van der Waals surface area contributed by atoms with E-state index in [1.165, 1.54) is 0 Å². The van der Waals surface area contributed by atoms with Gasteiger partial charge in [0.15, 0.2) is 0 Å². The van der Waals surface area contributed by atoms with Crippen LogP contribution in [0.2, 0.25) is 0 Å². The number of nitrogens with one attached hydrogen (secondary N) is 1. The molecule has 0 aliphatic carbocycles. The Bertz CT molecular complexity index is 421. The molecular weight excluding hydrogens is 198 g/mol. The lowest BCUT2D eigenvalue weighted by Crippen LogP contribution is -2.12. The molecule has 0 unspecified atom stereocenters. The van der Waals surface area contributed by atoms with E-state index >= 15 is 0 Å². The second kappa shape index (κ2) is 4.28. The second-order valence-corrected chi connectivity index (χ2v) is 4.73. The third-order valence-corrected chi connectivity index (χ3v) is 3.44. The number of rotatable bonds is 3. The minimum absolute atomic E-state index is 0.321. The Kier molecular flexibility index (Phi) is 3.30. The zero-order valence-electron chi connectivity index (χ0n) is 8.19. The summed E-state index contributed by atoms with van der Waals surface area (Å²) in [5.74, 6) is 0. The van der Waals surface area contributed by atoms with Gasteiger partial charge in [-0.3, -0.25) is 4.72 Å². The van der Waals surface area contributed by atoms with Gasteiger partial charge < -0.3 is 0 Å². The molecule has 0 fully saturated rings. The van der Waals surface area contributed by atoms with Gasteiger partial charge in [-0.15, -0.1) is 0 Å². The Morgan fingerprint density at radius 3 is 2.36 bits per heavy atom. The summed E-state index contributed by atoms with van der Waals surface area (Å²) < 4.78 is 25.6. The number of hydrogen-bond donors (Lipinski definition) is 1. The lowest BCUT2D eigenvalue weighted by molar-refractivity contribution is 0.607. The molecule has 76 valence electrons. The number of anilines is 1. The van der Waals surface area contributed by atoms with Crippen molar-refractivity contribution >= 4 is 15.7 Å². The molecule has 14 heavy (non-hydrogen) atoms. The van der Waals surface area contributed by atoms with Crippen molar-refractivity contribution in [3.8, 4) is 0 Å². The van der Waals surface area contributed by atoms with Crippen LogP contribution in [0.5, 0.6) is 0 Å². The minimum atomic E-state index is -3.35. The third kappa shape index (κ3) is 2.60. The number of sulfonamides is 1. The quantitative estimate of drug-likeness (QED) is 0.834. The summed E-state index contributed by atoms with van der Waals surface area (Å²) in [4.78, 5) is 0.321. The monoisotopic (exact) mass is 211 g/mol. The highest BCUT2D eigenvalue weighted by molar-refractivity contribution is 7.96. The highest BCUT2D eigenvalue weighted by Gasteiger charge is 2.11. The first-order chi connectivity index (χ1) is 6.56. The number of hydrogen-bond acceptors (Lipinski definition) is 2. The van der Waals surface area contributed by atoms with E-state index in [9.17, 15) is 8.42 Å². The Balaban J connectivity index is 2.91. The smallest absolute Gasteiger partial charge is 0.257 e. The van der Waals surface area contributed by atoms with E-state index < -0.39 is 10.0 Å². The molecule has 0 radical (unpaired) electrons. The van der Waals surface area contributed by atoms with Crippen LogP contribution in [0.25, 0.3) is 0 Å². The molecule has 0 aliphatic rings. The van der Waals surface area contributed by atoms with Crippen LogP contribution in [-0.4, -0.2) is 8.42 Å². The standard InChI is InChI=1S/C10H13NO2S/c1-3-9(2)14(12,13)11-10-7-5-4-6-8-10/h3-8,11H,1-2H3. The molecule has 1 rings (SSSR count). The molecule has 3 nitrogen and oxygen atoms in total. The first-order valence-electron chi connectivity index (χ1n) is 4.27.